The first-order chi connectivity index (χ1) is 12.2. The number of carbonyl (C=O) groups excluding carboxylic acids is 2. The predicted octanol–water partition coefficient (Wildman–Crippen LogP) is 3.02. The van der Waals surface area contributed by atoms with Gasteiger partial charge in [0.25, 0.3) is 0 Å². The first-order valence-electron chi connectivity index (χ1n) is 8.65. The van der Waals surface area contributed by atoms with Crippen LogP contribution in [0.15, 0.2) is 24.3 Å². The Bertz CT molecular complexity index is 643. The summed E-state index contributed by atoms with van der Waals surface area (Å²) in [5.41, 5.74) is -1.19. The third kappa shape index (κ3) is 5.45. The van der Waals surface area contributed by atoms with Gasteiger partial charge >= 0.3 is 6.18 Å². The molecule has 1 aliphatic rings. The van der Waals surface area contributed by atoms with Crippen molar-refractivity contribution in [2.45, 2.75) is 50.9 Å². The topological polar surface area (TPSA) is 61.4 Å². The molecule has 1 saturated carbocycles. The monoisotopic (exact) mass is 371 g/mol. The van der Waals surface area contributed by atoms with Crippen LogP contribution in [0.25, 0.3) is 0 Å². The summed E-state index contributed by atoms with van der Waals surface area (Å²) < 4.78 is 38.9. The summed E-state index contributed by atoms with van der Waals surface area (Å²) in [6.07, 6.45) is -0.454. The number of para-hydroxylation sites is 1. The van der Waals surface area contributed by atoms with Gasteiger partial charge in [0.15, 0.2) is 0 Å². The Hall–Kier alpha value is -2.09. The quantitative estimate of drug-likeness (QED) is 0.808. The van der Waals surface area contributed by atoms with E-state index < -0.39 is 23.7 Å². The molecule has 0 saturated heterocycles. The molecule has 8 heteroatoms. The molecule has 1 aliphatic carbocycles. The van der Waals surface area contributed by atoms with Crippen LogP contribution in [0, 0.1) is 0 Å². The number of nitrogens with zero attached hydrogens (tertiary/aromatic N) is 1. The minimum absolute atomic E-state index is 0.172. The summed E-state index contributed by atoms with van der Waals surface area (Å²) in [5.74, 6) is -0.785. The Morgan fingerprint density at radius 3 is 2.46 bits per heavy atom. The van der Waals surface area contributed by atoms with Gasteiger partial charge < -0.3 is 10.6 Å². The zero-order valence-electron chi connectivity index (χ0n) is 14.9. The summed E-state index contributed by atoms with van der Waals surface area (Å²) in [6.45, 7) is 1.48. The number of halogens is 3. The number of carbonyl (C=O) groups is 2. The van der Waals surface area contributed by atoms with Gasteiger partial charge in [0.1, 0.15) is 0 Å². The lowest BCUT2D eigenvalue weighted by atomic mass is 10.1. The van der Waals surface area contributed by atoms with Gasteiger partial charge in [-0.2, -0.15) is 13.2 Å². The van der Waals surface area contributed by atoms with Crippen molar-refractivity contribution in [2.24, 2.45) is 0 Å². The minimum Gasteiger partial charge on any atom is -0.352 e. The van der Waals surface area contributed by atoms with Gasteiger partial charge in [0.2, 0.25) is 11.8 Å². The van der Waals surface area contributed by atoms with Crippen molar-refractivity contribution in [3.63, 3.8) is 0 Å². The largest absolute Gasteiger partial charge is 0.418 e. The minimum atomic E-state index is -4.55. The number of anilines is 1. The van der Waals surface area contributed by atoms with E-state index >= 15 is 0 Å². The Kier molecular flexibility index (Phi) is 6.63. The third-order valence-electron chi connectivity index (χ3n) is 4.64. The highest BCUT2D eigenvalue weighted by Gasteiger charge is 2.33. The van der Waals surface area contributed by atoms with Crippen molar-refractivity contribution in [2.75, 3.05) is 18.9 Å². The smallest absolute Gasteiger partial charge is 0.352 e. The zero-order valence-corrected chi connectivity index (χ0v) is 14.9. The molecule has 26 heavy (non-hydrogen) atoms. The number of alkyl halides is 3. The van der Waals surface area contributed by atoms with Gasteiger partial charge in [-0.25, -0.2) is 0 Å². The van der Waals surface area contributed by atoms with E-state index in [-0.39, 0.29) is 24.2 Å². The predicted molar refractivity (Wildman–Crippen MR) is 92.6 cm³/mol. The van der Waals surface area contributed by atoms with Crippen LogP contribution >= 0.6 is 0 Å². The highest BCUT2D eigenvalue weighted by molar-refractivity contribution is 5.93. The summed E-state index contributed by atoms with van der Waals surface area (Å²) in [4.78, 5) is 25.9. The number of rotatable bonds is 6. The molecular formula is C18H24F3N3O2. The average Bonchev–Trinajstić information content (AvgIpc) is 3.06. The fourth-order valence-corrected chi connectivity index (χ4v) is 2.98. The molecule has 2 N–H and O–H groups in total. The molecule has 0 unspecified atom stereocenters. The number of hydrogen-bond donors (Lipinski definition) is 2. The van der Waals surface area contributed by atoms with Crippen LogP contribution in [-0.2, 0) is 15.8 Å². The fraction of sp³-hybridized carbons (Fsp3) is 0.556. The summed E-state index contributed by atoms with van der Waals surface area (Å²) in [7, 11) is 1.59. The SMILES string of the molecule is C[C@@H](C(=O)NC1CCCC1)N(C)CC(=O)Nc1ccccc1C(F)(F)F. The molecule has 2 amide bonds. The maximum atomic E-state index is 13.0. The van der Waals surface area contributed by atoms with Crippen LogP contribution < -0.4 is 10.6 Å². The van der Waals surface area contributed by atoms with Crippen LogP contribution in [0.3, 0.4) is 0 Å². The number of hydrogen-bond acceptors (Lipinski definition) is 3. The Labute approximate surface area is 150 Å². The van der Waals surface area contributed by atoms with E-state index in [9.17, 15) is 22.8 Å². The summed E-state index contributed by atoms with van der Waals surface area (Å²) in [5, 5.41) is 5.23. The number of likely N-dealkylation sites (N-methyl/N-ethyl adjacent to an activating group) is 1. The highest BCUT2D eigenvalue weighted by atomic mass is 19.4. The standard InChI is InChI=1S/C18H24F3N3O2/c1-12(17(26)22-13-7-3-4-8-13)24(2)11-16(25)23-15-10-6-5-9-14(15)18(19,20)21/h5-6,9-10,12-13H,3-4,7-8,11H2,1-2H3,(H,22,26)(H,23,25)/t12-/m0/s1. The van der Waals surface area contributed by atoms with Gasteiger partial charge in [-0.15, -0.1) is 0 Å². The maximum absolute atomic E-state index is 13.0. The van der Waals surface area contributed by atoms with Crippen molar-refractivity contribution < 1.29 is 22.8 Å². The molecule has 144 valence electrons. The fourth-order valence-electron chi connectivity index (χ4n) is 2.98. The first kappa shape index (κ1) is 20.2. The van der Waals surface area contributed by atoms with E-state index in [0.29, 0.717) is 0 Å². The van der Waals surface area contributed by atoms with Crippen molar-refractivity contribution >= 4 is 17.5 Å². The van der Waals surface area contributed by atoms with Crippen LogP contribution in [0.4, 0.5) is 18.9 Å². The van der Waals surface area contributed by atoms with Crippen LogP contribution in [0.5, 0.6) is 0 Å². The van der Waals surface area contributed by atoms with E-state index in [1.54, 1.807) is 14.0 Å². The van der Waals surface area contributed by atoms with Crippen molar-refractivity contribution in [1.29, 1.82) is 0 Å². The normalized spacial score (nSPS) is 16.5. The van der Waals surface area contributed by atoms with E-state index in [4.69, 9.17) is 0 Å². The second-order valence-corrected chi connectivity index (χ2v) is 6.67. The molecule has 1 atom stereocenters. The molecule has 0 bridgehead atoms. The first-order valence-corrected chi connectivity index (χ1v) is 8.65. The van der Waals surface area contributed by atoms with Gasteiger partial charge in [-0.05, 0) is 38.9 Å². The Balaban J connectivity index is 1.91. The van der Waals surface area contributed by atoms with Gasteiger partial charge in [-0.3, -0.25) is 14.5 Å². The number of amides is 2. The number of nitrogens with one attached hydrogen (secondary N) is 2. The lowest BCUT2D eigenvalue weighted by Gasteiger charge is -2.25. The average molecular weight is 371 g/mol. The van der Waals surface area contributed by atoms with E-state index in [1.807, 2.05) is 0 Å². The van der Waals surface area contributed by atoms with E-state index in [1.165, 1.54) is 23.1 Å². The van der Waals surface area contributed by atoms with Gasteiger partial charge in [0, 0.05) is 6.04 Å². The zero-order chi connectivity index (χ0) is 19.3. The van der Waals surface area contributed by atoms with Crippen molar-refractivity contribution in [3.8, 4) is 0 Å². The lowest BCUT2D eigenvalue weighted by Crippen LogP contribution is -2.48. The Morgan fingerprint density at radius 2 is 1.85 bits per heavy atom. The molecule has 1 fully saturated rings. The molecule has 0 aliphatic heterocycles. The lowest BCUT2D eigenvalue weighted by molar-refractivity contribution is -0.137. The van der Waals surface area contributed by atoms with Crippen LogP contribution in [0.1, 0.15) is 38.2 Å². The third-order valence-corrected chi connectivity index (χ3v) is 4.64. The van der Waals surface area contributed by atoms with Gasteiger partial charge in [-0.1, -0.05) is 25.0 Å². The molecule has 1 aromatic carbocycles. The highest BCUT2D eigenvalue weighted by Crippen LogP contribution is 2.34. The van der Waals surface area contributed by atoms with Crippen molar-refractivity contribution in [1.82, 2.24) is 10.2 Å². The second kappa shape index (κ2) is 8.53. The molecule has 0 aromatic heterocycles. The molecule has 0 spiro atoms. The molecule has 0 radical (unpaired) electrons. The second-order valence-electron chi connectivity index (χ2n) is 6.67. The van der Waals surface area contributed by atoms with Crippen LogP contribution in [-0.4, -0.2) is 42.4 Å². The van der Waals surface area contributed by atoms with Crippen LogP contribution in [0.2, 0.25) is 0 Å². The van der Waals surface area contributed by atoms with E-state index in [0.717, 1.165) is 31.7 Å². The molecule has 5 nitrogen and oxygen atoms in total. The summed E-state index contributed by atoms with van der Waals surface area (Å²) >= 11 is 0. The Morgan fingerprint density at radius 1 is 1.23 bits per heavy atom. The van der Waals surface area contributed by atoms with Crippen molar-refractivity contribution in [3.05, 3.63) is 29.8 Å². The number of benzene rings is 1. The molecule has 2 rings (SSSR count). The van der Waals surface area contributed by atoms with Gasteiger partial charge in [0.05, 0.1) is 23.8 Å². The molecule has 1 aromatic rings. The van der Waals surface area contributed by atoms with E-state index in [2.05, 4.69) is 10.6 Å². The molecule has 0 heterocycles. The summed E-state index contributed by atoms with van der Waals surface area (Å²) in [6, 6.07) is 4.42. The maximum Gasteiger partial charge on any atom is 0.418 e. The molecular weight excluding hydrogens is 347 g/mol.